The number of rotatable bonds is 6. The van der Waals surface area contributed by atoms with E-state index in [-0.39, 0.29) is 6.10 Å². The van der Waals surface area contributed by atoms with Gasteiger partial charge in [-0.05, 0) is 44.0 Å². The Labute approximate surface area is 137 Å². The molecule has 0 amide bonds. The molecule has 1 saturated heterocycles. The molecule has 0 saturated carbocycles. The molecule has 2 heterocycles. The van der Waals surface area contributed by atoms with E-state index in [1.807, 2.05) is 25.1 Å². The molecule has 0 radical (unpaired) electrons. The van der Waals surface area contributed by atoms with E-state index >= 15 is 0 Å². The van der Waals surface area contributed by atoms with Crippen molar-refractivity contribution >= 4 is 0 Å². The van der Waals surface area contributed by atoms with E-state index in [0.717, 1.165) is 19.5 Å². The predicted molar refractivity (Wildman–Crippen MR) is 90.8 cm³/mol. The first kappa shape index (κ1) is 15.8. The Bertz CT molecular complexity index is 597. The Balaban J connectivity index is 1.86. The van der Waals surface area contributed by atoms with Gasteiger partial charge in [0.15, 0.2) is 5.75 Å². The average molecular weight is 312 g/mol. The summed E-state index contributed by atoms with van der Waals surface area (Å²) in [6.07, 6.45) is 4.09. The summed E-state index contributed by atoms with van der Waals surface area (Å²) < 4.78 is 12.0. The minimum Gasteiger partial charge on any atom is -0.480 e. The minimum absolute atomic E-state index is 0.00686. The van der Waals surface area contributed by atoms with Crippen molar-refractivity contribution in [3.05, 3.63) is 54.2 Å². The molecule has 122 valence electrons. The Kier molecular flexibility index (Phi) is 5.48. The second-order valence-electron chi connectivity index (χ2n) is 5.80. The van der Waals surface area contributed by atoms with Gasteiger partial charge in [0.1, 0.15) is 6.10 Å². The lowest BCUT2D eigenvalue weighted by Crippen LogP contribution is -2.35. The third-order valence-corrected chi connectivity index (χ3v) is 4.16. The number of nitrogens with zero attached hydrogens (tertiary/aromatic N) is 1. The van der Waals surface area contributed by atoms with Gasteiger partial charge in [-0.3, -0.25) is 0 Å². The van der Waals surface area contributed by atoms with Gasteiger partial charge in [-0.25, -0.2) is 4.98 Å². The van der Waals surface area contributed by atoms with Crippen LogP contribution in [0, 0.1) is 5.92 Å². The van der Waals surface area contributed by atoms with Gasteiger partial charge in [0, 0.05) is 18.7 Å². The molecule has 0 aliphatic carbocycles. The molecular formula is C19H24N2O2. The number of benzene rings is 1. The van der Waals surface area contributed by atoms with Crippen LogP contribution in [-0.2, 0) is 0 Å². The molecule has 1 aliphatic rings. The molecule has 2 aromatic rings. The van der Waals surface area contributed by atoms with Crippen LogP contribution in [0.1, 0.15) is 31.4 Å². The number of piperidine rings is 1. The Hall–Kier alpha value is -2.07. The molecule has 2 unspecified atom stereocenters. The molecule has 4 nitrogen and oxygen atoms in total. The molecule has 1 aromatic carbocycles. The van der Waals surface area contributed by atoms with Crippen LogP contribution in [-0.4, -0.2) is 24.7 Å². The second kappa shape index (κ2) is 7.97. The van der Waals surface area contributed by atoms with E-state index in [2.05, 4.69) is 34.6 Å². The zero-order valence-electron chi connectivity index (χ0n) is 13.6. The van der Waals surface area contributed by atoms with Gasteiger partial charge >= 0.3 is 0 Å². The summed E-state index contributed by atoms with van der Waals surface area (Å²) in [5, 5.41) is 3.48. The van der Waals surface area contributed by atoms with Crippen LogP contribution >= 0.6 is 0 Å². The molecule has 23 heavy (non-hydrogen) atoms. The molecule has 3 rings (SSSR count). The lowest BCUT2D eigenvalue weighted by Gasteiger charge is -2.31. The molecule has 1 fully saturated rings. The van der Waals surface area contributed by atoms with Crippen molar-refractivity contribution in [3.8, 4) is 11.6 Å². The molecule has 4 heteroatoms. The maximum Gasteiger partial charge on any atom is 0.257 e. The highest BCUT2D eigenvalue weighted by Crippen LogP contribution is 2.35. The molecule has 0 spiro atoms. The normalized spacial score (nSPS) is 19.1. The highest BCUT2D eigenvalue weighted by Gasteiger charge is 2.27. The Morgan fingerprint density at radius 2 is 2.09 bits per heavy atom. The standard InChI is InChI=1S/C19H24N2O2/c1-2-22-19-17(11-7-13-21-19)23-18(15-8-4-3-5-9-15)16-10-6-12-20-14-16/h3-5,7-9,11,13,16,18,20H,2,6,10,12,14H2,1H3. The van der Waals surface area contributed by atoms with E-state index < -0.39 is 0 Å². The third kappa shape index (κ3) is 4.02. The topological polar surface area (TPSA) is 43.4 Å². The molecule has 2 atom stereocenters. The van der Waals surface area contributed by atoms with Crippen molar-refractivity contribution in [3.63, 3.8) is 0 Å². The quantitative estimate of drug-likeness (QED) is 0.885. The number of pyridine rings is 1. The van der Waals surface area contributed by atoms with Crippen molar-refractivity contribution in [2.75, 3.05) is 19.7 Å². The first-order valence-electron chi connectivity index (χ1n) is 8.38. The zero-order chi connectivity index (χ0) is 15.9. The van der Waals surface area contributed by atoms with Gasteiger partial charge < -0.3 is 14.8 Å². The van der Waals surface area contributed by atoms with Crippen molar-refractivity contribution in [1.82, 2.24) is 10.3 Å². The number of hydrogen-bond donors (Lipinski definition) is 1. The van der Waals surface area contributed by atoms with Gasteiger partial charge in [0.25, 0.3) is 5.88 Å². The SMILES string of the molecule is CCOc1ncccc1OC(c1ccccc1)C1CCCNC1. The van der Waals surface area contributed by atoms with E-state index in [1.54, 1.807) is 6.20 Å². The molecule has 1 N–H and O–H groups in total. The molecular weight excluding hydrogens is 288 g/mol. The number of nitrogens with one attached hydrogen (secondary N) is 1. The maximum atomic E-state index is 6.40. The smallest absolute Gasteiger partial charge is 0.257 e. The van der Waals surface area contributed by atoms with E-state index in [9.17, 15) is 0 Å². The Morgan fingerprint density at radius 1 is 1.22 bits per heavy atom. The van der Waals surface area contributed by atoms with Crippen molar-refractivity contribution < 1.29 is 9.47 Å². The van der Waals surface area contributed by atoms with Gasteiger partial charge in [0.05, 0.1) is 6.61 Å². The summed E-state index contributed by atoms with van der Waals surface area (Å²) in [5.41, 5.74) is 1.20. The largest absolute Gasteiger partial charge is 0.480 e. The monoisotopic (exact) mass is 312 g/mol. The molecule has 0 bridgehead atoms. The fourth-order valence-electron chi connectivity index (χ4n) is 3.06. The van der Waals surface area contributed by atoms with Crippen LogP contribution in [0.25, 0.3) is 0 Å². The van der Waals surface area contributed by atoms with Gasteiger partial charge in [-0.15, -0.1) is 0 Å². The third-order valence-electron chi connectivity index (χ3n) is 4.16. The van der Waals surface area contributed by atoms with Gasteiger partial charge in [0.2, 0.25) is 0 Å². The fraction of sp³-hybridized carbons (Fsp3) is 0.421. The first-order chi connectivity index (χ1) is 11.4. The summed E-state index contributed by atoms with van der Waals surface area (Å²) in [6.45, 7) is 4.60. The van der Waals surface area contributed by atoms with E-state index in [4.69, 9.17) is 9.47 Å². The second-order valence-corrected chi connectivity index (χ2v) is 5.80. The van der Waals surface area contributed by atoms with Crippen LogP contribution < -0.4 is 14.8 Å². The van der Waals surface area contributed by atoms with Crippen LogP contribution in [0.15, 0.2) is 48.7 Å². The van der Waals surface area contributed by atoms with Crippen molar-refractivity contribution in [1.29, 1.82) is 0 Å². The highest BCUT2D eigenvalue weighted by atomic mass is 16.5. The minimum atomic E-state index is 0.00686. The summed E-state index contributed by atoms with van der Waals surface area (Å²) in [7, 11) is 0. The van der Waals surface area contributed by atoms with E-state index in [1.165, 1.54) is 12.0 Å². The summed E-state index contributed by atoms with van der Waals surface area (Å²) >= 11 is 0. The van der Waals surface area contributed by atoms with Crippen LogP contribution in [0.2, 0.25) is 0 Å². The van der Waals surface area contributed by atoms with Crippen LogP contribution in [0.5, 0.6) is 11.6 Å². The lowest BCUT2D eigenvalue weighted by atomic mass is 9.89. The van der Waals surface area contributed by atoms with Crippen molar-refractivity contribution in [2.24, 2.45) is 5.92 Å². The van der Waals surface area contributed by atoms with Gasteiger partial charge in [-0.1, -0.05) is 30.3 Å². The fourth-order valence-corrected chi connectivity index (χ4v) is 3.06. The lowest BCUT2D eigenvalue weighted by molar-refractivity contribution is 0.110. The number of ether oxygens (including phenoxy) is 2. The average Bonchev–Trinajstić information content (AvgIpc) is 2.63. The molecule has 1 aromatic heterocycles. The van der Waals surface area contributed by atoms with Crippen LogP contribution in [0.3, 0.4) is 0 Å². The zero-order valence-corrected chi connectivity index (χ0v) is 13.6. The summed E-state index contributed by atoms with van der Waals surface area (Å²) in [6, 6.07) is 14.3. The summed E-state index contributed by atoms with van der Waals surface area (Å²) in [5.74, 6) is 1.73. The Morgan fingerprint density at radius 3 is 2.83 bits per heavy atom. The number of hydrogen-bond acceptors (Lipinski definition) is 4. The number of aromatic nitrogens is 1. The van der Waals surface area contributed by atoms with Gasteiger partial charge in [-0.2, -0.15) is 0 Å². The summed E-state index contributed by atoms with van der Waals surface area (Å²) in [4.78, 5) is 4.30. The maximum absolute atomic E-state index is 6.40. The first-order valence-corrected chi connectivity index (χ1v) is 8.38. The van der Waals surface area contributed by atoms with Crippen molar-refractivity contribution in [2.45, 2.75) is 25.9 Å². The highest BCUT2D eigenvalue weighted by molar-refractivity contribution is 5.34. The van der Waals surface area contributed by atoms with E-state index in [0.29, 0.717) is 24.2 Å². The van der Waals surface area contributed by atoms with Crippen LogP contribution in [0.4, 0.5) is 0 Å². The molecule has 1 aliphatic heterocycles. The predicted octanol–water partition coefficient (Wildman–Crippen LogP) is 3.60.